The molecule has 162 valence electrons. The Hall–Kier alpha value is -3.32. The van der Waals surface area contributed by atoms with Crippen LogP contribution in [0.4, 0.5) is 5.69 Å². The van der Waals surface area contributed by atoms with Crippen LogP contribution in [0.3, 0.4) is 0 Å². The Morgan fingerprint density at radius 1 is 1.06 bits per heavy atom. The van der Waals surface area contributed by atoms with Gasteiger partial charge in [0, 0.05) is 35.2 Å². The van der Waals surface area contributed by atoms with E-state index in [0.29, 0.717) is 24.7 Å². The van der Waals surface area contributed by atoms with E-state index in [1.54, 1.807) is 11.3 Å². The summed E-state index contributed by atoms with van der Waals surface area (Å²) in [6, 6.07) is 14.1. The molecule has 0 saturated carbocycles. The molecule has 2 aromatic carbocycles. The third kappa shape index (κ3) is 3.84. The molecule has 1 amide bonds. The number of benzene rings is 2. The minimum atomic E-state index is -0.105. The maximum atomic E-state index is 12.7. The molecule has 0 unspecified atom stereocenters. The van der Waals surface area contributed by atoms with Crippen molar-refractivity contribution in [3.8, 4) is 22.6 Å². The van der Waals surface area contributed by atoms with Gasteiger partial charge in [-0.15, -0.1) is 11.3 Å². The quantitative estimate of drug-likeness (QED) is 0.403. The summed E-state index contributed by atoms with van der Waals surface area (Å²) < 4.78 is 5.56. The number of aryl methyl sites for hydroxylation is 3. The number of anilines is 1. The third-order valence-electron chi connectivity index (χ3n) is 6.01. The molecule has 5 rings (SSSR count). The van der Waals surface area contributed by atoms with Crippen molar-refractivity contribution >= 4 is 22.9 Å². The van der Waals surface area contributed by atoms with Crippen molar-refractivity contribution in [2.75, 3.05) is 11.4 Å². The predicted molar refractivity (Wildman–Crippen MR) is 126 cm³/mol. The number of hydrogen-bond acceptors (Lipinski definition) is 6. The standard InChI is InChI=1S/C25H24N4O2S/c1-4-22-26-21(14-32-22)17-6-8-18(9-7-17)24-27-25(31-28-24)19-12-23(30)29(13-19)20-10-5-15(2)16(3)11-20/h5-11,14,19H,4,12-13H2,1-3H3/t19-/m0/s1. The fraction of sp³-hybridized carbons (Fsp3) is 0.280. The van der Waals surface area contributed by atoms with Crippen LogP contribution in [0.15, 0.2) is 52.4 Å². The number of nitrogens with zero attached hydrogens (tertiary/aromatic N) is 4. The molecule has 6 nitrogen and oxygen atoms in total. The minimum Gasteiger partial charge on any atom is -0.339 e. The first-order valence-corrected chi connectivity index (χ1v) is 11.7. The molecule has 3 heterocycles. The Morgan fingerprint density at radius 2 is 1.84 bits per heavy atom. The second kappa shape index (κ2) is 8.31. The van der Waals surface area contributed by atoms with Gasteiger partial charge in [0.25, 0.3) is 0 Å². The summed E-state index contributed by atoms with van der Waals surface area (Å²) in [5.41, 5.74) is 6.24. The van der Waals surface area contributed by atoms with Gasteiger partial charge in [0.15, 0.2) is 0 Å². The summed E-state index contributed by atoms with van der Waals surface area (Å²) in [6.45, 7) is 6.78. The van der Waals surface area contributed by atoms with Crippen molar-refractivity contribution in [2.45, 2.75) is 39.5 Å². The zero-order valence-electron chi connectivity index (χ0n) is 18.3. The summed E-state index contributed by atoms with van der Waals surface area (Å²) in [7, 11) is 0. The molecule has 0 bridgehead atoms. The summed E-state index contributed by atoms with van der Waals surface area (Å²) >= 11 is 1.68. The summed E-state index contributed by atoms with van der Waals surface area (Å²) in [5, 5.41) is 7.38. The van der Waals surface area contributed by atoms with Crippen molar-refractivity contribution in [1.29, 1.82) is 0 Å². The lowest BCUT2D eigenvalue weighted by Gasteiger charge is -2.17. The summed E-state index contributed by atoms with van der Waals surface area (Å²) in [5.74, 6) is 1.02. The van der Waals surface area contributed by atoms with Crippen LogP contribution in [-0.2, 0) is 11.2 Å². The van der Waals surface area contributed by atoms with Crippen molar-refractivity contribution in [3.63, 3.8) is 0 Å². The molecule has 1 saturated heterocycles. The van der Waals surface area contributed by atoms with Gasteiger partial charge in [-0.3, -0.25) is 4.79 Å². The highest BCUT2D eigenvalue weighted by Crippen LogP contribution is 2.33. The average molecular weight is 445 g/mol. The number of rotatable bonds is 5. The Morgan fingerprint density at radius 3 is 2.56 bits per heavy atom. The molecule has 1 atom stereocenters. The maximum absolute atomic E-state index is 12.7. The minimum absolute atomic E-state index is 0.0806. The second-order valence-corrected chi connectivity index (χ2v) is 9.13. The first kappa shape index (κ1) is 20.6. The molecule has 1 aliphatic rings. The van der Waals surface area contributed by atoms with Crippen LogP contribution in [-0.4, -0.2) is 27.6 Å². The Balaban J connectivity index is 1.32. The average Bonchev–Trinajstić information content (AvgIpc) is 3.55. The summed E-state index contributed by atoms with van der Waals surface area (Å²) in [4.78, 5) is 23.7. The smallest absolute Gasteiger partial charge is 0.232 e. The van der Waals surface area contributed by atoms with Crippen LogP contribution in [0.1, 0.15) is 41.3 Å². The van der Waals surface area contributed by atoms with E-state index in [-0.39, 0.29) is 11.8 Å². The Bertz CT molecular complexity index is 1280. The van der Waals surface area contributed by atoms with Crippen LogP contribution in [0.5, 0.6) is 0 Å². The van der Waals surface area contributed by atoms with Crippen molar-refractivity contribution in [2.24, 2.45) is 0 Å². The second-order valence-electron chi connectivity index (χ2n) is 8.19. The van der Waals surface area contributed by atoms with Crippen molar-refractivity contribution < 1.29 is 9.32 Å². The fourth-order valence-electron chi connectivity index (χ4n) is 3.93. The largest absolute Gasteiger partial charge is 0.339 e. The third-order valence-corrected chi connectivity index (χ3v) is 7.00. The highest BCUT2D eigenvalue weighted by Gasteiger charge is 2.35. The SMILES string of the molecule is CCc1nc(-c2ccc(-c3noc([C@H]4CC(=O)N(c5ccc(C)c(C)c5)C4)n3)cc2)cs1. The van der Waals surface area contributed by atoms with E-state index in [2.05, 4.69) is 53.4 Å². The highest BCUT2D eigenvalue weighted by atomic mass is 32.1. The number of carbonyl (C=O) groups is 1. The van der Waals surface area contributed by atoms with Crippen LogP contribution < -0.4 is 4.90 Å². The van der Waals surface area contributed by atoms with E-state index >= 15 is 0 Å². The predicted octanol–water partition coefficient (Wildman–Crippen LogP) is 5.56. The lowest BCUT2D eigenvalue weighted by molar-refractivity contribution is -0.117. The van der Waals surface area contributed by atoms with Crippen LogP contribution in [0, 0.1) is 13.8 Å². The van der Waals surface area contributed by atoms with E-state index < -0.39 is 0 Å². The van der Waals surface area contributed by atoms with Gasteiger partial charge in [0.2, 0.25) is 17.6 Å². The van der Waals surface area contributed by atoms with E-state index in [4.69, 9.17) is 4.52 Å². The molecule has 0 radical (unpaired) electrons. The van der Waals surface area contributed by atoms with E-state index in [1.807, 2.05) is 35.2 Å². The van der Waals surface area contributed by atoms with Crippen LogP contribution >= 0.6 is 11.3 Å². The molecule has 32 heavy (non-hydrogen) atoms. The zero-order chi connectivity index (χ0) is 22.2. The number of aromatic nitrogens is 3. The zero-order valence-corrected chi connectivity index (χ0v) is 19.1. The normalized spacial score (nSPS) is 16.2. The Kier molecular flexibility index (Phi) is 5.35. The number of hydrogen-bond donors (Lipinski definition) is 0. The lowest BCUT2D eigenvalue weighted by atomic mass is 10.1. The molecule has 7 heteroatoms. The maximum Gasteiger partial charge on any atom is 0.232 e. The fourth-order valence-corrected chi connectivity index (χ4v) is 4.68. The van der Waals surface area contributed by atoms with E-state index in [9.17, 15) is 4.79 Å². The van der Waals surface area contributed by atoms with E-state index in [0.717, 1.165) is 33.9 Å². The number of thiazole rings is 1. The van der Waals surface area contributed by atoms with Gasteiger partial charge in [-0.05, 0) is 43.5 Å². The number of amides is 1. The van der Waals surface area contributed by atoms with Gasteiger partial charge in [-0.25, -0.2) is 4.98 Å². The first-order valence-electron chi connectivity index (χ1n) is 10.8. The molecule has 4 aromatic rings. The monoisotopic (exact) mass is 444 g/mol. The van der Waals surface area contributed by atoms with Gasteiger partial charge in [0.05, 0.1) is 16.6 Å². The molecule has 2 aromatic heterocycles. The molecule has 0 spiro atoms. The van der Waals surface area contributed by atoms with Gasteiger partial charge in [0.1, 0.15) is 0 Å². The topological polar surface area (TPSA) is 72.1 Å². The highest BCUT2D eigenvalue weighted by molar-refractivity contribution is 7.09. The molecule has 0 aliphatic carbocycles. The molecule has 1 aliphatic heterocycles. The van der Waals surface area contributed by atoms with Crippen molar-refractivity contribution in [3.05, 3.63) is 69.9 Å². The Labute approximate surface area is 190 Å². The van der Waals surface area contributed by atoms with Crippen LogP contribution in [0.2, 0.25) is 0 Å². The molecular formula is C25H24N4O2S. The molecule has 0 N–H and O–H groups in total. The molecular weight excluding hydrogens is 420 g/mol. The first-order chi connectivity index (χ1) is 15.5. The van der Waals surface area contributed by atoms with Gasteiger partial charge < -0.3 is 9.42 Å². The van der Waals surface area contributed by atoms with Gasteiger partial charge >= 0.3 is 0 Å². The number of carbonyl (C=O) groups excluding carboxylic acids is 1. The van der Waals surface area contributed by atoms with E-state index in [1.165, 1.54) is 11.1 Å². The summed E-state index contributed by atoms with van der Waals surface area (Å²) in [6.07, 6.45) is 1.32. The molecule has 1 fully saturated rings. The van der Waals surface area contributed by atoms with Gasteiger partial charge in [-0.1, -0.05) is 42.4 Å². The lowest BCUT2D eigenvalue weighted by Crippen LogP contribution is -2.24. The van der Waals surface area contributed by atoms with Gasteiger partial charge in [-0.2, -0.15) is 4.98 Å². The van der Waals surface area contributed by atoms with Crippen molar-refractivity contribution in [1.82, 2.24) is 15.1 Å². The van der Waals surface area contributed by atoms with Crippen LogP contribution in [0.25, 0.3) is 22.6 Å².